The van der Waals surface area contributed by atoms with Gasteiger partial charge in [0.25, 0.3) is 5.91 Å². The molecule has 0 N–H and O–H groups in total. The van der Waals surface area contributed by atoms with Crippen LogP contribution in [0.25, 0.3) is 10.9 Å². The van der Waals surface area contributed by atoms with Crippen molar-refractivity contribution in [2.75, 3.05) is 13.1 Å². The largest absolute Gasteiger partial charge is 0.343 e. The van der Waals surface area contributed by atoms with Gasteiger partial charge in [0.15, 0.2) is 0 Å². The van der Waals surface area contributed by atoms with Crippen molar-refractivity contribution in [2.24, 2.45) is 0 Å². The van der Waals surface area contributed by atoms with Crippen molar-refractivity contribution in [3.8, 4) is 0 Å². The third-order valence-corrected chi connectivity index (χ3v) is 4.75. The Morgan fingerprint density at radius 3 is 2.76 bits per heavy atom. The molecule has 21 heavy (non-hydrogen) atoms. The standard InChI is InChI=1S/C17H18N2O2/c1-11-9-12-5-4-6-13-15(12)19(11)10-14(16(13)20)17(21)18-7-2-3-8-18/h4-6,10-11H,2-3,7-9H2,1H3/t11-/m1/s1. The average Bonchev–Trinajstić information content (AvgIpc) is 3.11. The smallest absolute Gasteiger partial charge is 0.259 e. The first-order chi connectivity index (χ1) is 10.2. The topological polar surface area (TPSA) is 42.3 Å². The molecule has 2 aromatic rings. The van der Waals surface area contributed by atoms with E-state index >= 15 is 0 Å². The van der Waals surface area contributed by atoms with E-state index in [-0.39, 0.29) is 11.3 Å². The highest BCUT2D eigenvalue weighted by molar-refractivity contribution is 5.98. The van der Waals surface area contributed by atoms with Gasteiger partial charge in [0.2, 0.25) is 5.43 Å². The van der Waals surface area contributed by atoms with Gasteiger partial charge in [-0.1, -0.05) is 12.1 Å². The van der Waals surface area contributed by atoms with Crippen LogP contribution in [-0.2, 0) is 6.42 Å². The van der Waals surface area contributed by atoms with Crippen LogP contribution in [0, 0.1) is 0 Å². The minimum Gasteiger partial charge on any atom is -0.343 e. The minimum absolute atomic E-state index is 0.104. The summed E-state index contributed by atoms with van der Waals surface area (Å²) >= 11 is 0. The van der Waals surface area contributed by atoms with Crippen LogP contribution in [0.3, 0.4) is 0 Å². The van der Waals surface area contributed by atoms with Crippen molar-refractivity contribution in [2.45, 2.75) is 32.2 Å². The molecule has 1 atom stereocenters. The molecular weight excluding hydrogens is 264 g/mol. The summed E-state index contributed by atoms with van der Waals surface area (Å²) in [5.74, 6) is -0.104. The molecule has 2 aliphatic heterocycles. The van der Waals surface area contributed by atoms with E-state index in [0.29, 0.717) is 17.0 Å². The lowest BCUT2D eigenvalue weighted by atomic mass is 10.1. The van der Waals surface area contributed by atoms with Crippen LogP contribution >= 0.6 is 0 Å². The molecule has 3 heterocycles. The Kier molecular flexibility index (Phi) is 2.67. The molecule has 1 saturated heterocycles. The molecule has 0 unspecified atom stereocenters. The second kappa shape index (κ2) is 4.45. The zero-order valence-corrected chi connectivity index (χ0v) is 12.1. The monoisotopic (exact) mass is 282 g/mol. The second-order valence-corrected chi connectivity index (χ2v) is 6.14. The number of hydrogen-bond acceptors (Lipinski definition) is 2. The number of pyridine rings is 1. The number of hydrogen-bond donors (Lipinski definition) is 0. The highest BCUT2D eigenvalue weighted by atomic mass is 16.2. The molecule has 108 valence electrons. The van der Waals surface area contributed by atoms with Crippen LogP contribution in [0.15, 0.2) is 29.2 Å². The van der Waals surface area contributed by atoms with Gasteiger partial charge in [0.05, 0.1) is 5.52 Å². The van der Waals surface area contributed by atoms with Gasteiger partial charge in [-0.25, -0.2) is 0 Å². The van der Waals surface area contributed by atoms with E-state index in [0.717, 1.165) is 37.9 Å². The minimum atomic E-state index is -0.117. The summed E-state index contributed by atoms with van der Waals surface area (Å²) < 4.78 is 2.11. The van der Waals surface area contributed by atoms with Gasteiger partial charge < -0.3 is 9.47 Å². The van der Waals surface area contributed by atoms with E-state index in [4.69, 9.17) is 0 Å². The zero-order chi connectivity index (χ0) is 14.6. The lowest BCUT2D eigenvalue weighted by Gasteiger charge is -2.17. The third kappa shape index (κ3) is 1.75. The van der Waals surface area contributed by atoms with Crippen LogP contribution in [-0.4, -0.2) is 28.5 Å². The maximum atomic E-state index is 12.7. The van der Waals surface area contributed by atoms with E-state index < -0.39 is 0 Å². The Morgan fingerprint density at radius 1 is 1.24 bits per heavy atom. The predicted octanol–water partition coefficient (Wildman–Crippen LogP) is 2.35. The molecule has 1 amide bonds. The number of carbonyl (C=O) groups excluding carboxylic acids is 1. The Morgan fingerprint density at radius 2 is 2.00 bits per heavy atom. The highest BCUT2D eigenvalue weighted by Crippen LogP contribution is 2.31. The fourth-order valence-electron chi connectivity index (χ4n) is 3.66. The third-order valence-electron chi connectivity index (χ3n) is 4.75. The van der Waals surface area contributed by atoms with Crippen molar-refractivity contribution < 1.29 is 4.79 Å². The molecule has 1 aromatic carbocycles. The first-order valence-electron chi connectivity index (χ1n) is 7.63. The molecule has 1 fully saturated rings. The van der Waals surface area contributed by atoms with Gasteiger partial charge in [-0.15, -0.1) is 0 Å². The molecular formula is C17H18N2O2. The van der Waals surface area contributed by atoms with Crippen molar-refractivity contribution in [1.82, 2.24) is 9.47 Å². The summed E-state index contributed by atoms with van der Waals surface area (Å²) in [4.78, 5) is 27.1. The van der Waals surface area contributed by atoms with Crippen molar-refractivity contribution in [3.63, 3.8) is 0 Å². The fourth-order valence-corrected chi connectivity index (χ4v) is 3.66. The molecule has 0 saturated carbocycles. The number of likely N-dealkylation sites (tertiary alicyclic amines) is 1. The average molecular weight is 282 g/mol. The first-order valence-corrected chi connectivity index (χ1v) is 7.63. The fraction of sp³-hybridized carbons (Fsp3) is 0.412. The van der Waals surface area contributed by atoms with Crippen molar-refractivity contribution in [3.05, 3.63) is 45.7 Å². The molecule has 1 aromatic heterocycles. The molecule has 4 nitrogen and oxygen atoms in total. The van der Waals surface area contributed by atoms with Gasteiger partial charge in [-0.3, -0.25) is 9.59 Å². The Labute approximate surface area is 123 Å². The second-order valence-electron chi connectivity index (χ2n) is 6.14. The van der Waals surface area contributed by atoms with E-state index in [2.05, 4.69) is 17.6 Å². The maximum absolute atomic E-state index is 12.7. The summed E-state index contributed by atoms with van der Waals surface area (Å²) in [7, 11) is 0. The number of rotatable bonds is 1. The Balaban J connectivity index is 1.95. The molecule has 0 spiro atoms. The molecule has 0 aliphatic carbocycles. The van der Waals surface area contributed by atoms with Gasteiger partial charge in [0.1, 0.15) is 5.56 Å². The number of para-hydroxylation sites is 1. The van der Waals surface area contributed by atoms with Gasteiger partial charge >= 0.3 is 0 Å². The van der Waals surface area contributed by atoms with E-state index in [1.165, 1.54) is 5.56 Å². The van der Waals surface area contributed by atoms with E-state index in [1.807, 2.05) is 12.1 Å². The van der Waals surface area contributed by atoms with Gasteiger partial charge in [0, 0.05) is 30.7 Å². The quantitative estimate of drug-likeness (QED) is 0.805. The van der Waals surface area contributed by atoms with E-state index in [9.17, 15) is 9.59 Å². The highest BCUT2D eigenvalue weighted by Gasteiger charge is 2.27. The Bertz CT molecular complexity index is 800. The summed E-state index contributed by atoms with van der Waals surface area (Å²) in [6.07, 6.45) is 4.78. The first kappa shape index (κ1) is 12.6. The molecule has 0 radical (unpaired) electrons. The van der Waals surface area contributed by atoms with Crippen LogP contribution in [0.4, 0.5) is 0 Å². The SMILES string of the molecule is C[C@@H]1Cc2cccc3c(=O)c(C(=O)N4CCCC4)cn1c23. The van der Waals surface area contributed by atoms with Crippen molar-refractivity contribution in [1.29, 1.82) is 0 Å². The van der Waals surface area contributed by atoms with Gasteiger partial charge in [-0.05, 0) is 37.8 Å². The van der Waals surface area contributed by atoms with E-state index in [1.54, 1.807) is 11.1 Å². The summed E-state index contributed by atoms with van der Waals surface area (Å²) in [5, 5.41) is 0.682. The number of aromatic nitrogens is 1. The maximum Gasteiger partial charge on any atom is 0.259 e. The lowest BCUT2D eigenvalue weighted by Crippen LogP contribution is -2.32. The molecule has 4 heteroatoms. The summed E-state index contributed by atoms with van der Waals surface area (Å²) in [5.41, 5.74) is 2.43. The van der Waals surface area contributed by atoms with Crippen LogP contribution < -0.4 is 5.43 Å². The number of carbonyl (C=O) groups is 1. The molecule has 2 aliphatic rings. The Hall–Kier alpha value is -2.10. The molecule has 4 rings (SSSR count). The molecule has 0 bridgehead atoms. The number of amides is 1. The zero-order valence-electron chi connectivity index (χ0n) is 12.1. The van der Waals surface area contributed by atoms with Crippen LogP contribution in [0.1, 0.15) is 41.7 Å². The van der Waals surface area contributed by atoms with Crippen LogP contribution in [0.5, 0.6) is 0 Å². The normalized spacial score (nSPS) is 20.4. The van der Waals surface area contributed by atoms with Crippen LogP contribution in [0.2, 0.25) is 0 Å². The van der Waals surface area contributed by atoms with Gasteiger partial charge in [-0.2, -0.15) is 0 Å². The number of benzene rings is 1. The number of nitrogens with zero attached hydrogens (tertiary/aromatic N) is 2. The summed E-state index contributed by atoms with van der Waals surface area (Å²) in [6.45, 7) is 3.67. The van der Waals surface area contributed by atoms with Crippen molar-refractivity contribution >= 4 is 16.8 Å². The lowest BCUT2D eigenvalue weighted by molar-refractivity contribution is 0.0791. The predicted molar refractivity (Wildman–Crippen MR) is 81.8 cm³/mol. The summed E-state index contributed by atoms with van der Waals surface area (Å²) in [6, 6.07) is 6.14.